The van der Waals surface area contributed by atoms with Gasteiger partial charge in [0.25, 0.3) is 0 Å². The highest BCUT2D eigenvalue weighted by Gasteiger charge is 2.27. The van der Waals surface area contributed by atoms with Gasteiger partial charge in [0, 0.05) is 44.4 Å². The molecule has 1 unspecified atom stereocenters. The molecule has 2 aromatic heterocycles. The fourth-order valence-electron chi connectivity index (χ4n) is 5.05. The maximum Gasteiger partial charge on any atom is 0.0465 e. The molecule has 0 radical (unpaired) electrons. The lowest BCUT2D eigenvalue weighted by Crippen LogP contribution is -2.26. The van der Waals surface area contributed by atoms with Crippen LogP contribution in [-0.4, -0.2) is 9.97 Å². The smallest absolute Gasteiger partial charge is 0.0465 e. The van der Waals surface area contributed by atoms with Crippen LogP contribution in [0.3, 0.4) is 0 Å². The molecule has 138 valence electrons. The molecule has 1 aliphatic rings. The van der Waals surface area contributed by atoms with E-state index >= 15 is 0 Å². The van der Waals surface area contributed by atoms with Crippen LogP contribution >= 0.6 is 0 Å². The van der Waals surface area contributed by atoms with Crippen molar-refractivity contribution in [3.8, 4) is 0 Å². The number of aromatic amines is 2. The largest absolute Gasteiger partial charge is 0.358 e. The zero-order chi connectivity index (χ0) is 18.7. The molecule has 0 amide bonds. The Labute approximate surface area is 163 Å². The molecule has 3 aromatic carbocycles. The number of H-pyrrole nitrogens is 2. The summed E-state index contributed by atoms with van der Waals surface area (Å²) >= 11 is 0. The van der Waals surface area contributed by atoms with Crippen molar-refractivity contribution in [1.82, 2.24) is 9.97 Å². The van der Waals surface area contributed by atoms with Gasteiger partial charge >= 0.3 is 0 Å². The number of aromatic nitrogens is 2. The standard InChI is InChI=1S/C25H23N3/c26-25(15-9-11-23-19(13-15)17-5-1-3-7-21(17)27-23)16-10-12-24-20(14-16)18-6-2-4-8-22(18)28-24/h1-9,11,13,16,25,27-28H,10,12,14,26H2/t16?,25-/m0/s1. The van der Waals surface area contributed by atoms with Crippen LogP contribution < -0.4 is 5.73 Å². The first kappa shape index (κ1) is 16.0. The van der Waals surface area contributed by atoms with Gasteiger partial charge in [-0.1, -0.05) is 42.5 Å². The summed E-state index contributed by atoms with van der Waals surface area (Å²) in [6.07, 6.45) is 3.26. The average molecular weight is 365 g/mol. The highest BCUT2D eigenvalue weighted by Crippen LogP contribution is 2.37. The predicted octanol–water partition coefficient (Wildman–Crippen LogP) is 5.61. The lowest BCUT2D eigenvalue weighted by Gasteiger charge is -2.28. The second-order valence-electron chi connectivity index (χ2n) is 8.13. The minimum Gasteiger partial charge on any atom is -0.358 e. The van der Waals surface area contributed by atoms with Crippen molar-refractivity contribution in [2.75, 3.05) is 0 Å². The monoisotopic (exact) mass is 365 g/mol. The number of aryl methyl sites for hydroxylation is 1. The van der Waals surface area contributed by atoms with Crippen molar-refractivity contribution >= 4 is 32.7 Å². The minimum absolute atomic E-state index is 0.0554. The summed E-state index contributed by atoms with van der Waals surface area (Å²) in [6.45, 7) is 0. The minimum atomic E-state index is 0.0554. The molecule has 0 aliphatic heterocycles. The summed E-state index contributed by atoms with van der Waals surface area (Å²) in [6, 6.07) is 23.9. The number of benzene rings is 3. The van der Waals surface area contributed by atoms with Crippen LogP contribution in [0.5, 0.6) is 0 Å². The van der Waals surface area contributed by atoms with Crippen LogP contribution in [-0.2, 0) is 12.8 Å². The molecule has 6 rings (SSSR count). The van der Waals surface area contributed by atoms with E-state index in [-0.39, 0.29) is 6.04 Å². The van der Waals surface area contributed by atoms with Crippen molar-refractivity contribution < 1.29 is 0 Å². The molecule has 5 aromatic rings. The van der Waals surface area contributed by atoms with Gasteiger partial charge in [0.15, 0.2) is 0 Å². The second-order valence-corrected chi connectivity index (χ2v) is 8.13. The van der Waals surface area contributed by atoms with Crippen LogP contribution in [0.4, 0.5) is 0 Å². The van der Waals surface area contributed by atoms with E-state index in [1.165, 1.54) is 49.5 Å². The number of nitrogens with two attached hydrogens (primary N) is 1. The molecule has 0 saturated heterocycles. The Hall–Kier alpha value is -3.04. The van der Waals surface area contributed by atoms with Crippen molar-refractivity contribution in [3.05, 3.63) is 83.6 Å². The van der Waals surface area contributed by atoms with Gasteiger partial charge in [-0.25, -0.2) is 0 Å². The van der Waals surface area contributed by atoms with Gasteiger partial charge in [-0.05, 0) is 60.6 Å². The van der Waals surface area contributed by atoms with Gasteiger partial charge in [0.05, 0.1) is 0 Å². The van der Waals surface area contributed by atoms with E-state index in [0.29, 0.717) is 5.92 Å². The lowest BCUT2D eigenvalue weighted by atomic mass is 9.79. The number of para-hydroxylation sites is 2. The van der Waals surface area contributed by atoms with Crippen molar-refractivity contribution in [1.29, 1.82) is 0 Å². The fraction of sp³-hybridized carbons (Fsp3) is 0.200. The third-order valence-electron chi connectivity index (χ3n) is 6.56. The fourth-order valence-corrected chi connectivity index (χ4v) is 5.05. The van der Waals surface area contributed by atoms with Crippen LogP contribution in [0.2, 0.25) is 0 Å². The molecule has 28 heavy (non-hydrogen) atoms. The SMILES string of the molecule is N[C@@H](c1ccc2[nH]c3ccccc3c2c1)C1CCc2[nH]c3ccccc3c2C1. The number of fused-ring (bicyclic) bond motifs is 6. The molecule has 0 fully saturated rings. The van der Waals surface area contributed by atoms with Gasteiger partial charge in [-0.15, -0.1) is 0 Å². The summed E-state index contributed by atoms with van der Waals surface area (Å²) in [5.41, 5.74) is 14.5. The van der Waals surface area contributed by atoms with E-state index < -0.39 is 0 Å². The molecule has 1 aliphatic carbocycles. The van der Waals surface area contributed by atoms with E-state index in [1.54, 1.807) is 0 Å². The second kappa shape index (κ2) is 5.98. The summed E-state index contributed by atoms with van der Waals surface area (Å²) in [5, 5.41) is 3.91. The van der Waals surface area contributed by atoms with E-state index in [9.17, 15) is 0 Å². The van der Waals surface area contributed by atoms with Crippen LogP contribution in [0.15, 0.2) is 66.7 Å². The van der Waals surface area contributed by atoms with E-state index in [2.05, 4.69) is 76.7 Å². The molecule has 4 N–H and O–H groups in total. The number of rotatable bonds is 2. The Balaban J connectivity index is 1.38. The topological polar surface area (TPSA) is 57.6 Å². The molecular weight excluding hydrogens is 342 g/mol. The average Bonchev–Trinajstić information content (AvgIpc) is 3.30. The Kier molecular flexibility index (Phi) is 3.41. The Morgan fingerprint density at radius 3 is 2.36 bits per heavy atom. The molecule has 3 nitrogen and oxygen atoms in total. The van der Waals surface area contributed by atoms with Crippen LogP contribution in [0, 0.1) is 5.92 Å². The normalized spacial score (nSPS) is 18.0. The predicted molar refractivity (Wildman–Crippen MR) is 117 cm³/mol. The Bertz CT molecular complexity index is 1320. The summed E-state index contributed by atoms with van der Waals surface area (Å²) in [4.78, 5) is 7.12. The molecule has 2 heterocycles. The van der Waals surface area contributed by atoms with Gasteiger partial charge in [0.2, 0.25) is 0 Å². The zero-order valence-corrected chi connectivity index (χ0v) is 15.7. The van der Waals surface area contributed by atoms with Gasteiger partial charge in [-0.3, -0.25) is 0 Å². The molecule has 0 spiro atoms. The van der Waals surface area contributed by atoms with E-state index in [1.807, 2.05) is 0 Å². The third-order valence-corrected chi connectivity index (χ3v) is 6.56. The quantitative estimate of drug-likeness (QED) is 0.374. The highest BCUT2D eigenvalue weighted by atomic mass is 14.7. The first-order chi connectivity index (χ1) is 13.8. The summed E-state index contributed by atoms with van der Waals surface area (Å²) in [5.74, 6) is 0.467. The third kappa shape index (κ3) is 2.33. The maximum atomic E-state index is 6.82. The number of hydrogen-bond acceptors (Lipinski definition) is 1. The van der Waals surface area contributed by atoms with Crippen LogP contribution in [0.1, 0.15) is 29.3 Å². The first-order valence-electron chi connectivity index (χ1n) is 10.1. The summed E-state index contributed by atoms with van der Waals surface area (Å²) < 4.78 is 0. The van der Waals surface area contributed by atoms with E-state index in [4.69, 9.17) is 5.73 Å². The molecule has 3 heteroatoms. The van der Waals surface area contributed by atoms with E-state index in [0.717, 1.165) is 19.3 Å². The molecule has 0 bridgehead atoms. The lowest BCUT2D eigenvalue weighted by molar-refractivity contribution is 0.382. The maximum absolute atomic E-state index is 6.82. The molecular formula is C25H23N3. The molecule has 2 atom stereocenters. The highest BCUT2D eigenvalue weighted by molar-refractivity contribution is 6.07. The van der Waals surface area contributed by atoms with Crippen molar-refractivity contribution in [3.63, 3.8) is 0 Å². The zero-order valence-electron chi connectivity index (χ0n) is 15.7. The van der Waals surface area contributed by atoms with Gasteiger partial charge in [0.1, 0.15) is 0 Å². The van der Waals surface area contributed by atoms with Crippen molar-refractivity contribution in [2.24, 2.45) is 11.7 Å². The Morgan fingerprint density at radius 1 is 0.786 bits per heavy atom. The Morgan fingerprint density at radius 2 is 1.50 bits per heavy atom. The molecule has 0 saturated carbocycles. The number of hydrogen-bond donors (Lipinski definition) is 3. The van der Waals surface area contributed by atoms with Crippen LogP contribution in [0.25, 0.3) is 32.7 Å². The first-order valence-corrected chi connectivity index (χ1v) is 10.1. The van der Waals surface area contributed by atoms with Gasteiger partial charge in [-0.2, -0.15) is 0 Å². The van der Waals surface area contributed by atoms with Gasteiger partial charge < -0.3 is 15.7 Å². The number of nitrogens with one attached hydrogen (secondary N) is 2. The van der Waals surface area contributed by atoms with Crippen molar-refractivity contribution in [2.45, 2.75) is 25.3 Å². The summed E-state index contributed by atoms with van der Waals surface area (Å²) in [7, 11) is 0.